The largest absolute Gasteiger partial charge is 0.491 e. The van der Waals surface area contributed by atoms with Crippen molar-refractivity contribution in [1.82, 2.24) is 14.9 Å². The molecule has 0 bridgehead atoms. The zero-order valence-corrected chi connectivity index (χ0v) is 14.9. The molecule has 0 unspecified atom stereocenters. The van der Waals surface area contributed by atoms with Crippen LogP contribution in [0.3, 0.4) is 0 Å². The van der Waals surface area contributed by atoms with Crippen molar-refractivity contribution in [2.24, 2.45) is 0 Å². The first-order chi connectivity index (χ1) is 12.6. The van der Waals surface area contributed by atoms with Crippen molar-refractivity contribution in [2.45, 2.75) is 20.4 Å². The lowest BCUT2D eigenvalue weighted by Crippen LogP contribution is -2.34. The second-order valence-corrected chi connectivity index (χ2v) is 6.11. The molecule has 0 aliphatic rings. The highest BCUT2D eigenvalue weighted by Crippen LogP contribution is 2.21. The van der Waals surface area contributed by atoms with Crippen LogP contribution in [0, 0.1) is 13.8 Å². The van der Waals surface area contributed by atoms with Crippen LogP contribution < -0.4 is 15.6 Å². The summed E-state index contributed by atoms with van der Waals surface area (Å²) in [6, 6.07) is 13.0. The standard InChI is InChI=1S/C20H21N3O3/c1-14-6-5-7-15(2)19(14)26-11-10-21-18(24)12-23-13-22-17-9-4-3-8-16(17)20(23)25/h3-9,13H,10-12H2,1-2H3,(H,21,24). The summed E-state index contributed by atoms with van der Waals surface area (Å²) in [5.74, 6) is 0.589. The van der Waals surface area contributed by atoms with Gasteiger partial charge in [-0.2, -0.15) is 0 Å². The third-order valence-electron chi connectivity index (χ3n) is 4.12. The fourth-order valence-electron chi connectivity index (χ4n) is 2.80. The number of ether oxygens (including phenoxy) is 1. The van der Waals surface area contributed by atoms with E-state index < -0.39 is 0 Å². The molecule has 1 heterocycles. The van der Waals surface area contributed by atoms with Crippen LogP contribution in [0.15, 0.2) is 53.6 Å². The molecular formula is C20H21N3O3. The van der Waals surface area contributed by atoms with Crippen molar-refractivity contribution in [2.75, 3.05) is 13.2 Å². The molecule has 134 valence electrons. The molecule has 1 N–H and O–H groups in total. The average Bonchev–Trinajstić information content (AvgIpc) is 2.63. The normalized spacial score (nSPS) is 10.7. The van der Waals surface area contributed by atoms with Crippen molar-refractivity contribution < 1.29 is 9.53 Å². The Morgan fingerprint density at radius 3 is 2.62 bits per heavy atom. The number of hydrogen-bond acceptors (Lipinski definition) is 4. The van der Waals surface area contributed by atoms with E-state index >= 15 is 0 Å². The second kappa shape index (κ2) is 7.82. The summed E-state index contributed by atoms with van der Waals surface area (Å²) in [5.41, 5.74) is 2.52. The molecular weight excluding hydrogens is 330 g/mol. The van der Waals surface area contributed by atoms with Gasteiger partial charge in [0, 0.05) is 0 Å². The van der Waals surface area contributed by atoms with Gasteiger partial charge in [0.1, 0.15) is 18.9 Å². The molecule has 2 aromatic carbocycles. The second-order valence-electron chi connectivity index (χ2n) is 6.11. The zero-order valence-electron chi connectivity index (χ0n) is 14.9. The van der Waals surface area contributed by atoms with E-state index in [1.807, 2.05) is 38.1 Å². The molecule has 1 aromatic heterocycles. The molecule has 0 saturated heterocycles. The molecule has 0 atom stereocenters. The van der Waals surface area contributed by atoms with Gasteiger partial charge in [-0.3, -0.25) is 14.2 Å². The third kappa shape index (κ3) is 3.91. The number of benzene rings is 2. The predicted molar refractivity (Wildman–Crippen MR) is 100 cm³/mol. The number of carbonyl (C=O) groups excluding carboxylic acids is 1. The maximum absolute atomic E-state index is 12.4. The topological polar surface area (TPSA) is 73.2 Å². The van der Waals surface area contributed by atoms with Crippen LogP contribution in [-0.2, 0) is 11.3 Å². The van der Waals surface area contributed by atoms with Crippen molar-refractivity contribution in [3.05, 3.63) is 70.3 Å². The number of para-hydroxylation sites is 2. The zero-order chi connectivity index (χ0) is 18.5. The van der Waals surface area contributed by atoms with Gasteiger partial charge in [0.15, 0.2) is 0 Å². The predicted octanol–water partition coefficient (Wildman–Crippen LogP) is 2.21. The minimum atomic E-state index is -0.255. The first-order valence-corrected chi connectivity index (χ1v) is 8.46. The number of rotatable bonds is 6. The van der Waals surface area contributed by atoms with E-state index in [1.54, 1.807) is 18.2 Å². The fraction of sp³-hybridized carbons (Fsp3) is 0.250. The molecule has 3 rings (SSSR count). The molecule has 0 aliphatic heterocycles. The van der Waals surface area contributed by atoms with Gasteiger partial charge in [0.05, 0.1) is 23.8 Å². The van der Waals surface area contributed by atoms with Crippen molar-refractivity contribution >= 4 is 16.8 Å². The number of fused-ring (bicyclic) bond motifs is 1. The van der Waals surface area contributed by atoms with Gasteiger partial charge in [-0.15, -0.1) is 0 Å². The molecule has 26 heavy (non-hydrogen) atoms. The van der Waals surface area contributed by atoms with Gasteiger partial charge in [0.2, 0.25) is 5.91 Å². The highest BCUT2D eigenvalue weighted by molar-refractivity contribution is 5.78. The maximum Gasteiger partial charge on any atom is 0.261 e. The van der Waals surface area contributed by atoms with E-state index in [1.165, 1.54) is 10.9 Å². The van der Waals surface area contributed by atoms with Crippen LogP contribution in [-0.4, -0.2) is 28.6 Å². The first kappa shape index (κ1) is 17.7. The Bertz CT molecular complexity index is 975. The quantitative estimate of drug-likeness (QED) is 0.691. The maximum atomic E-state index is 12.4. The molecule has 0 radical (unpaired) electrons. The molecule has 0 aliphatic carbocycles. The number of hydrogen-bond donors (Lipinski definition) is 1. The van der Waals surface area contributed by atoms with Gasteiger partial charge in [-0.25, -0.2) is 4.98 Å². The van der Waals surface area contributed by atoms with Crippen LogP contribution in [0.4, 0.5) is 0 Å². The number of nitrogens with zero attached hydrogens (tertiary/aromatic N) is 2. The van der Waals surface area contributed by atoms with Crippen molar-refractivity contribution in [3.63, 3.8) is 0 Å². The monoisotopic (exact) mass is 351 g/mol. The molecule has 3 aromatic rings. The Morgan fingerprint density at radius 2 is 1.85 bits per heavy atom. The van der Waals surface area contributed by atoms with Gasteiger partial charge in [-0.1, -0.05) is 30.3 Å². The number of nitrogens with one attached hydrogen (secondary N) is 1. The van der Waals surface area contributed by atoms with E-state index in [2.05, 4.69) is 10.3 Å². The summed E-state index contributed by atoms with van der Waals surface area (Å²) in [6.45, 7) is 4.63. The third-order valence-corrected chi connectivity index (χ3v) is 4.12. The smallest absolute Gasteiger partial charge is 0.261 e. The Kier molecular flexibility index (Phi) is 5.31. The molecule has 0 saturated carbocycles. The fourth-order valence-corrected chi connectivity index (χ4v) is 2.80. The number of aromatic nitrogens is 2. The molecule has 0 fully saturated rings. The van der Waals surface area contributed by atoms with Gasteiger partial charge in [-0.05, 0) is 37.1 Å². The lowest BCUT2D eigenvalue weighted by atomic mass is 10.1. The Balaban J connectivity index is 1.55. The highest BCUT2D eigenvalue weighted by atomic mass is 16.5. The van der Waals surface area contributed by atoms with Crippen LogP contribution in [0.2, 0.25) is 0 Å². The Labute approximate surface area is 151 Å². The summed E-state index contributed by atoms with van der Waals surface area (Å²) in [7, 11) is 0. The van der Waals surface area contributed by atoms with Crippen molar-refractivity contribution in [1.29, 1.82) is 0 Å². The first-order valence-electron chi connectivity index (χ1n) is 8.46. The lowest BCUT2D eigenvalue weighted by Gasteiger charge is -2.12. The van der Waals surface area contributed by atoms with E-state index in [0.717, 1.165) is 16.9 Å². The van der Waals surface area contributed by atoms with Crippen molar-refractivity contribution in [3.8, 4) is 5.75 Å². The van der Waals surface area contributed by atoms with Crippen LogP contribution in [0.5, 0.6) is 5.75 Å². The van der Waals surface area contributed by atoms with E-state index in [-0.39, 0.29) is 18.0 Å². The Morgan fingerprint density at radius 1 is 1.12 bits per heavy atom. The van der Waals surface area contributed by atoms with Gasteiger partial charge < -0.3 is 10.1 Å². The number of carbonyl (C=O) groups is 1. The van der Waals surface area contributed by atoms with E-state index in [0.29, 0.717) is 24.1 Å². The molecule has 1 amide bonds. The number of amides is 1. The lowest BCUT2D eigenvalue weighted by molar-refractivity contribution is -0.121. The summed E-state index contributed by atoms with van der Waals surface area (Å²) < 4.78 is 7.06. The van der Waals surface area contributed by atoms with Gasteiger partial charge >= 0.3 is 0 Å². The molecule has 6 heteroatoms. The van der Waals surface area contributed by atoms with Gasteiger partial charge in [0.25, 0.3) is 5.56 Å². The molecule has 0 spiro atoms. The summed E-state index contributed by atoms with van der Waals surface area (Å²) in [6.07, 6.45) is 1.40. The van der Waals surface area contributed by atoms with Crippen LogP contribution in [0.1, 0.15) is 11.1 Å². The number of aryl methyl sites for hydroxylation is 2. The van der Waals surface area contributed by atoms with E-state index in [9.17, 15) is 9.59 Å². The highest BCUT2D eigenvalue weighted by Gasteiger charge is 2.08. The molecule has 6 nitrogen and oxygen atoms in total. The Hall–Kier alpha value is -3.15. The minimum Gasteiger partial charge on any atom is -0.491 e. The summed E-state index contributed by atoms with van der Waals surface area (Å²) in [5, 5.41) is 3.27. The van der Waals surface area contributed by atoms with E-state index in [4.69, 9.17) is 4.74 Å². The van der Waals surface area contributed by atoms with Crippen LogP contribution >= 0.6 is 0 Å². The summed E-state index contributed by atoms with van der Waals surface area (Å²) >= 11 is 0. The SMILES string of the molecule is Cc1cccc(C)c1OCCNC(=O)Cn1cnc2ccccc2c1=O. The van der Waals surface area contributed by atoms with Crippen LogP contribution in [0.25, 0.3) is 10.9 Å². The minimum absolute atomic E-state index is 0.0694. The summed E-state index contributed by atoms with van der Waals surface area (Å²) in [4.78, 5) is 28.7. The average molecular weight is 351 g/mol.